The van der Waals surface area contributed by atoms with Crippen molar-refractivity contribution in [1.82, 2.24) is 20.1 Å². The third-order valence-electron chi connectivity index (χ3n) is 4.51. The Hall–Kier alpha value is -2.80. The van der Waals surface area contributed by atoms with E-state index in [2.05, 4.69) is 58.5 Å². The highest BCUT2D eigenvalue weighted by atomic mass is 32.2. The SMILES string of the molecule is CCN(CC)c1ccc(-c2nnc(SCC(=O)NC)n2-c2ccccc2)cc1. The van der Waals surface area contributed by atoms with Gasteiger partial charge in [-0.25, -0.2) is 0 Å². The van der Waals surface area contributed by atoms with Gasteiger partial charge in [-0.2, -0.15) is 0 Å². The molecular weight excluding hydrogens is 370 g/mol. The predicted molar refractivity (Wildman–Crippen MR) is 115 cm³/mol. The van der Waals surface area contributed by atoms with Crippen LogP contribution in [0.15, 0.2) is 59.8 Å². The smallest absolute Gasteiger partial charge is 0.230 e. The Balaban J connectivity index is 1.99. The van der Waals surface area contributed by atoms with Gasteiger partial charge >= 0.3 is 0 Å². The number of hydrogen-bond donors (Lipinski definition) is 1. The third-order valence-corrected chi connectivity index (χ3v) is 5.44. The van der Waals surface area contributed by atoms with Crippen molar-refractivity contribution < 1.29 is 4.79 Å². The molecule has 1 aromatic heterocycles. The zero-order valence-corrected chi connectivity index (χ0v) is 17.2. The minimum atomic E-state index is -0.0438. The van der Waals surface area contributed by atoms with E-state index in [1.54, 1.807) is 7.05 Å². The summed E-state index contributed by atoms with van der Waals surface area (Å²) in [5, 5.41) is 12.1. The van der Waals surface area contributed by atoms with Gasteiger partial charge in [0, 0.05) is 37.1 Å². The summed E-state index contributed by atoms with van der Waals surface area (Å²) in [4.78, 5) is 14.0. The van der Waals surface area contributed by atoms with E-state index in [1.807, 2.05) is 34.9 Å². The van der Waals surface area contributed by atoms with Crippen molar-refractivity contribution in [2.45, 2.75) is 19.0 Å². The number of anilines is 1. The minimum absolute atomic E-state index is 0.0438. The van der Waals surface area contributed by atoms with Gasteiger partial charge in [0.25, 0.3) is 0 Å². The molecule has 7 heteroatoms. The Morgan fingerprint density at radius 3 is 2.32 bits per heavy atom. The van der Waals surface area contributed by atoms with Crippen molar-refractivity contribution in [2.75, 3.05) is 30.8 Å². The number of nitrogens with zero attached hydrogens (tertiary/aromatic N) is 4. The Morgan fingerprint density at radius 1 is 1.04 bits per heavy atom. The number of nitrogens with one attached hydrogen (secondary N) is 1. The van der Waals surface area contributed by atoms with E-state index in [9.17, 15) is 4.79 Å². The topological polar surface area (TPSA) is 63.1 Å². The first kappa shape index (κ1) is 19.9. The second-order valence-electron chi connectivity index (χ2n) is 6.16. The molecule has 1 N–H and O–H groups in total. The number of para-hydroxylation sites is 1. The molecule has 0 spiro atoms. The van der Waals surface area contributed by atoms with Crippen molar-refractivity contribution >= 4 is 23.4 Å². The van der Waals surface area contributed by atoms with E-state index in [0.29, 0.717) is 10.9 Å². The summed E-state index contributed by atoms with van der Waals surface area (Å²) in [7, 11) is 1.63. The van der Waals surface area contributed by atoms with Crippen LogP contribution in [-0.2, 0) is 4.79 Å². The van der Waals surface area contributed by atoms with E-state index >= 15 is 0 Å². The molecule has 0 bridgehead atoms. The van der Waals surface area contributed by atoms with Crippen molar-refractivity contribution in [2.24, 2.45) is 0 Å². The quantitative estimate of drug-likeness (QED) is 0.590. The molecule has 2 aromatic carbocycles. The molecule has 3 aromatic rings. The van der Waals surface area contributed by atoms with E-state index in [-0.39, 0.29) is 5.91 Å². The molecule has 0 fully saturated rings. The standard InChI is InChI=1S/C21H25N5OS/c1-4-25(5-2)17-13-11-16(12-14-17)20-23-24-21(28-15-19(27)22-3)26(20)18-9-7-6-8-10-18/h6-14H,4-5,15H2,1-3H3,(H,22,27). The molecule has 3 rings (SSSR count). The van der Waals surface area contributed by atoms with Gasteiger partial charge in [-0.1, -0.05) is 30.0 Å². The largest absolute Gasteiger partial charge is 0.372 e. The number of aromatic nitrogens is 3. The number of benzene rings is 2. The van der Waals surface area contributed by atoms with E-state index in [1.165, 1.54) is 17.4 Å². The fourth-order valence-corrected chi connectivity index (χ4v) is 3.80. The summed E-state index contributed by atoms with van der Waals surface area (Å²) in [5.74, 6) is 1.01. The molecule has 28 heavy (non-hydrogen) atoms. The lowest BCUT2D eigenvalue weighted by Gasteiger charge is -2.21. The summed E-state index contributed by atoms with van der Waals surface area (Å²) in [6.45, 7) is 6.24. The Labute approximate surface area is 170 Å². The first-order valence-electron chi connectivity index (χ1n) is 9.37. The second-order valence-corrected chi connectivity index (χ2v) is 7.10. The highest BCUT2D eigenvalue weighted by Crippen LogP contribution is 2.29. The zero-order chi connectivity index (χ0) is 19.9. The highest BCUT2D eigenvalue weighted by molar-refractivity contribution is 7.99. The Bertz CT molecular complexity index is 904. The van der Waals surface area contributed by atoms with Crippen molar-refractivity contribution in [3.05, 3.63) is 54.6 Å². The molecule has 0 atom stereocenters. The number of thioether (sulfide) groups is 1. The summed E-state index contributed by atoms with van der Waals surface area (Å²) < 4.78 is 2.00. The summed E-state index contributed by atoms with van der Waals surface area (Å²) in [6.07, 6.45) is 0. The number of carbonyl (C=O) groups is 1. The van der Waals surface area contributed by atoms with Gasteiger partial charge in [0.15, 0.2) is 11.0 Å². The monoisotopic (exact) mass is 395 g/mol. The van der Waals surface area contributed by atoms with E-state index in [0.717, 1.165) is 30.2 Å². The molecule has 146 valence electrons. The first-order chi connectivity index (χ1) is 13.7. The van der Waals surface area contributed by atoms with Crippen LogP contribution < -0.4 is 10.2 Å². The van der Waals surface area contributed by atoms with Gasteiger partial charge in [0.1, 0.15) is 0 Å². The van der Waals surface area contributed by atoms with Crippen LogP contribution in [0.4, 0.5) is 5.69 Å². The lowest BCUT2D eigenvalue weighted by atomic mass is 10.1. The van der Waals surface area contributed by atoms with Crippen molar-refractivity contribution in [1.29, 1.82) is 0 Å². The molecule has 0 unspecified atom stereocenters. The first-order valence-corrected chi connectivity index (χ1v) is 10.4. The Morgan fingerprint density at radius 2 is 1.71 bits per heavy atom. The molecule has 0 aliphatic rings. The van der Waals surface area contributed by atoms with Gasteiger partial charge in [-0.3, -0.25) is 9.36 Å². The number of rotatable bonds is 8. The minimum Gasteiger partial charge on any atom is -0.372 e. The molecule has 0 aliphatic carbocycles. The predicted octanol–water partition coefficient (Wildman–Crippen LogP) is 3.62. The normalized spacial score (nSPS) is 10.7. The van der Waals surface area contributed by atoms with E-state index in [4.69, 9.17) is 0 Å². The number of amides is 1. The fraction of sp³-hybridized carbons (Fsp3) is 0.286. The van der Waals surface area contributed by atoms with E-state index < -0.39 is 0 Å². The lowest BCUT2D eigenvalue weighted by molar-refractivity contribution is -0.118. The lowest BCUT2D eigenvalue weighted by Crippen LogP contribution is -2.21. The average molecular weight is 396 g/mol. The van der Waals surface area contributed by atoms with Crippen LogP contribution in [0.2, 0.25) is 0 Å². The number of carbonyl (C=O) groups excluding carboxylic acids is 1. The molecule has 1 heterocycles. The second kappa shape index (κ2) is 9.41. The third kappa shape index (κ3) is 4.36. The molecular formula is C21H25N5OS. The Kier molecular flexibility index (Phi) is 6.71. The van der Waals surface area contributed by atoms with Crippen LogP contribution in [0.3, 0.4) is 0 Å². The summed E-state index contributed by atoms with van der Waals surface area (Å²) in [5.41, 5.74) is 3.14. The molecule has 6 nitrogen and oxygen atoms in total. The van der Waals surface area contributed by atoms with Crippen molar-refractivity contribution in [3.8, 4) is 17.1 Å². The maximum absolute atomic E-state index is 11.7. The van der Waals surface area contributed by atoms with Gasteiger partial charge in [-0.15, -0.1) is 10.2 Å². The summed E-state index contributed by atoms with van der Waals surface area (Å²) >= 11 is 1.37. The van der Waals surface area contributed by atoms with Gasteiger partial charge < -0.3 is 10.2 Å². The van der Waals surface area contributed by atoms with Gasteiger partial charge in [-0.05, 0) is 50.2 Å². The molecule has 0 aliphatic heterocycles. The van der Waals surface area contributed by atoms with Crippen LogP contribution >= 0.6 is 11.8 Å². The van der Waals surface area contributed by atoms with Crippen LogP contribution in [0, 0.1) is 0 Å². The molecule has 0 radical (unpaired) electrons. The zero-order valence-electron chi connectivity index (χ0n) is 16.4. The van der Waals surface area contributed by atoms with Crippen LogP contribution in [0.1, 0.15) is 13.8 Å². The fourth-order valence-electron chi connectivity index (χ4n) is 2.97. The highest BCUT2D eigenvalue weighted by Gasteiger charge is 2.17. The molecule has 1 amide bonds. The maximum Gasteiger partial charge on any atom is 0.230 e. The van der Waals surface area contributed by atoms with Gasteiger partial charge in [0.05, 0.1) is 5.75 Å². The van der Waals surface area contributed by atoms with Crippen LogP contribution in [0.5, 0.6) is 0 Å². The average Bonchev–Trinajstić information content (AvgIpc) is 3.18. The maximum atomic E-state index is 11.7. The van der Waals surface area contributed by atoms with Crippen molar-refractivity contribution in [3.63, 3.8) is 0 Å². The summed E-state index contributed by atoms with van der Waals surface area (Å²) in [6, 6.07) is 18.3. The molecule has 0 saturated carbocycles. The van der Waals surface area contributed by atoms with Crippen LogP contribution in [-0.4, -0.2) is 46.6 Å². The number of hydrogen-bond acceptors (Lipinski definition) is 5. The van der Waals surface area contributed by atoms with Crippen LogP contribution in [0.25, 0.3) is 17.1 Å². The molecule has 0 saturated heterocycles. The van der Waals surface area contributed by atoms with Gasteiger partial charge in [0.2, 0.25) is 5.91 Å².